The third-order valence-electron chi connectivity index (χ3n) is 1.50. The highest BCUT2D eigenvalue weighted by Gasteiger charge is 2.43. The number of amides is 2. The SMILES string of the molecule is C[C@@]1(CC(=O)[O-])SC(=O)NC1=O. The summed E-state index contributed by atoms with van der Waals surface area (Å²) in [7, 11) is 0. The van der Waals surface area contributed by atoms with Crippen LogP contribution in [0.1, 0.15) is 13.3 Å². The molecule has 0 saturated carbocycles. The van der Waals surface area contributed by atoms with Gasteiger partial charge in [0, 0.05) is 12.4 Å². The van der Waals surface area contributed by atoms with Crippen LogP contribution in [-0.2, 0) is 9.59 Å². The largest absolute Gasteiger partial charge is 0.550 e. The summed E-state index contributed by atoms with van der Waals surface area (Å²) in [6, 6.07) is 0. The zero-order chi connectivity index (χ0) is 9.35. The van der Waals surface area contributed by atoms with Crippen molar-refractivity contribution in [3.63, 3.8) is 0 Å². The van der Waals surface area contributed by atoms with Crippen LogP contribution in [0.3, 0.4) is 0 Å². The van der Waals surface area contributed by atoms with Crippen molar-refractivity contribution < 1.29 is 19.5 Å². The van der Waals surface area contributed by atoms with Gasteiger partial charge in [-0.1, -0.05) is 0 Å². The summed E-state index contributed by atoms with van der Waals surface area (Å²) < 4.78 is -1.20. The molecule has 1 heterocycles. The third kappa shape index (κ3) is 1.58. The van der Waals surface area contributed by atoms with Crippen molar-refractivity contribution >= 4 is 28.9 Å². The third-order valence-corrected chi connectivity index (χ3v) is 2.56. The summed E-state index contributed by atoms with van der Waals surface area (Å²) in [5, 5.41) is 11.7. The normalized spacial score (nSPS) is 28.8. The molecule has 0 unspecified atom stereocenters. The number of nitrogens with one attached hydrogen (secondary N) is 1. The maximum absolute atomic E-state index is 11.0. The lowest BCUT2D eigenvalue weighted by Crippen LogP contribution is -2.39. The van der Waals surface area contributed by atoms with E-state index in [1.165, 1.54) is 6.92 Å². The van der Waals surface area contributed by atoms with Gasteiger partial charge in [-0.25, -0.2) is 0 Å². The van der Waals surface area contributed by atoms with Gasteiger partial charge in [0.25, 0.3) is 5.24 Å². The molecule has 0 spiro atoms. The second kappa shape index (κ2) is 2.78. The first-order valence-corrected chi connectivity index (χ1v) is 4.00. The number of carboxylic acids is 1. The van der Waals surface area contributed by atoms with E-state index < -0.39 is 28.3 Å². The summed E-state index contributed by atoms with van der Waals surface area (Å²) in [6.45, 7) is 1.40. The molecule has 1 N–H and O–H groups in total. The highest BCUT2D eigenvalue weighted by atomic mass is 32.2. The first-order chi connectivity index (χ1) is 5.44. The van der Waals surface area contributed by atoms with Crippen LogP contribution in [0.4, 0.5) is 4.79 Å². The number of imide groups is 1. The lowest BCUT2D eigenvalue weighted by Gasteiger charge is -2.17. The predicted octanol–water partition coefficient (Wildman–Crippen LogP) is -1.13. The van der Waals surface area contributed by atoms with Crippen molar-refractivity contribution in [2.45, 2.75) is 18.1 Å². The molecule has 0 aromatic rings. The number of hydrogen-bond donors (Lipinski definition) is 1. The number of aliphatic carboxylic acids is 1. The molecule has 0 bridgehead atoms. The monoisotopic (exact) mass is 188 g/mol. The van der Waals surface area contributed by atoms with E-state index in [4.69, 9.17) is 0 Å². The maximum Gasteiger partial charge on any atom is 0.286 e. The summed E-state index contributed by atoms with van der Waals surface area (Å²) in [4.78, 5) is 31.9. The van der Waals surface area contributed by atoms with Crippen LogP contribution in [0.5, 0.6) is 0 Å². The number of carboxylic acid groups (broad SMARTS) is 1. The Kier molecular flexibility index (Phi) is 2.10. The van der Waals surface area contributed by atoms with E-state index in [9.17, 15) is 19.5 Å². The molecule has 0 aromatic carbocycles. The van der Waals surface area contributed by atoms with Crippen molar-refractivity contribution in [2.75, 3.05) is 0 Å². The smallest absolute Gasteiger partial charge is 0.286 e. The average Bonchev–Trinajstić information content (AvgIpc) is 2.04. The highest BCUT2D eigenvalue weighted by Crippen LogP contribution is 2.33. The van der Waals surface area contributed by atoms with E-state index in [-0.39, 0.29) is 0 Å². The Labute approximate surface area is 72.5 Å². The fourth-order valence-electron chi connectivity index (χ4n) is 0.893. The molecule has 0 aromatic heterocycles. The molecule has 6 heteroatoms. The second-order valence-corrected chi connectivity index (χ2v) is 4.10. The van der Waals surface area contributed by atoms with Gasteiger partial charge in [0.1, 0.15) is 4.75 Å². The van der Waals surface area contributed by atoms with Crippen molar-refractivity contribution in [3.05, 3.63) is 0 Å². The minimum atomic E-state index is -1.34. The first-order valence-electron chi connectivity index (χ1n) is 3.18. The van der Waals surface area contributed by atoms with Gasteiger partial charge >= 0.3 is 0 Å². The summed E-state index contributed by atoms with van der Waals surface area (Å²) in [5.41, 5.74) is 0. The molecule has 1 atom stereocenters. The number of thioether (sulfide) groups is 1. The van der Waals surface area contributed by atoms with E-state index >= 15 is 0 Å². The lowest BCUT2D eigenvalue weighted by molar-refractivity contribution is -0.306. The van der Waals surface area contributed by atoms with Gasteiger partial charge < -0.3 is 9.90 Å². The van der Waals surface area contributed by atoms with E-state index in [1.54, 1.807) is 0 Å². The molecule has 0 aliphatic carbocycles. The zero-order valence-corrected chi connectivity index (χ0v) is 7.06. The minimum absolute atomic E-state index is 0.449. The van der Waals surface area contributed by atoms with E-state index in [1.807, 2.05) is 5.32 Å². The number of carbonyl (C=O) groups excluding carboxylic acids is 3. The Bertz CT molecular complexity index is 264. The van der Waals surface area contributed by atoms with Gasteiger partial charge in [0.15, 0.2) is 0 Å². The molecular weight excluding hydrogens is 182 g/mol. The van der Waals surface area contributed by atoms with Crippen LogP contribution >= 0.6 is 11.8 Å². The van der Waals surface area contributed by atoms with Crippen molar-refractivity contribution in [1.82, 2.24) is 5.32 Å². The summed E-state index contributed by atoms with van der Waals surface area (Å²) >= 11 is 0.684. The van der Waals surface area contributed by atoms with Crippen LogP contribution in [0.25, 0.3) is 0 Å². The number of hydrogen-bond acceptors (Lipinski definition) is 5. The Morgan fingerprint density at radius 2 is 2.25 bits per heavy atom. The van der Waals surface area contributed by atoms with Crippen LogP contribution in [-0.4, -0.2) is 21.9 Å². The maximum atomic E-state index is 11.0. The Morgan fingerprint density at radius 1 is 1.67 bits per heavy atom. The number of carbonyl (C=O) groups is 3. The molecule has 1 fully saturated rings. The molecule has 1 aliphatic rings. The highest BCUT2D eigenvalue weighted by molar-refractivity contribution is 8.16. The van der Waals surface area contributed by atoms with Gasteiger partial charge in [0.05, 0.1) is 0 Å². The number of rotatable bonds is 2. The molecule has 66 valence electrons. The molecule has 1 rings (SSSR count). The van der Waals surface area contributed by atoms with Crippen LogP contribution < -0.4 is 10.4 Å². The quantitative estimate of drug-likeness (QED) is 0.592. The van der Waals surface area contributed by atoms with E-state index in [0.29, 0.717) is 11.8 Å². The first kappa shape index (κ1) is 9.05. The van der Waals surface area contributed by atoms with E-state index in [2.05, 4.69) is 0 Å². The van der Waals surface area contributed by atoms with Crippen molar-refractivity contribution in [2.24, 2.45) is 0 Å². The van der Waals surface area contributed by atoms with Crippen molar-refractivity contribution in [1.29, 1.82) is 0 Å². The van der Waals surface area contributed by atoms with E-state index in [0.717, 1.165) is 0 Å². The van der Waals surface area contributed by atoms with Crippen molar-refractivity contribution in [3.8, 4) is 0 Å². The fourth-order valence-corrected chi connectivity index (χ4v) is 1.78. The van der Waals surface area contributed by atoms with Crippen LogP contribution in [0, 0.1) is 0 Å². The fraction of sp³-hybridized carbons (Fsp3) is 0.500. The molecule has 1 saturated heterocycles. The predicted molar refractivity (Wildman–Crippen MR) is 39.2 cm³/mol. The van der Waals surface area contributed by atoms with Crippen LogP contribution in [0.2, 0.25) is 0 Å². The minimum Gasteiger partial charge on any atom is -0.550 e. The van der Waals surface area contributed by atoms with Gasteiger partial charge in [-0.05, 0) is 18.7 Å². The molecule has 5 nitrogen and oxygen atoms in total. The lowest BCUT2D eigenvalue weighted by atomic mass is 10.1. The summed E-state index contributed by atoms with van der Waals surface area (Å²) in [6.07, 6.45) is -0.449. The molecule has 1 aliphatic heterocycles. The zero-order valence-electron chi connectivity index (χ0n) is 6.25. The summed E-state index contributed by atoms with van der Waals surface area (Å²) in [5.74, 6) is -1.91. The topological polar surface area (TPSA) is 86.3 Å². The average molecular weight is 188 g/mol. The Balaban J connectivity index is 2.77. The van der Waals surface area contributed by atoms with Gasteiger partial charge in [-0.2, -0.15) is 0 Å². The van der Waals surface area contributed by atoms with Gasteiger partial charge in [0.2, 0.25) is 5.91 Å². The molecule has 2 amide bonds. The molecular formula is C6H6NO4S-. The Morgan fingerprint density at radius 3 is 2.58 bits per heavy atom. The van der Waals surface area contributed by atoms with Crippen LogP contribution in [0.15, 0.2) is 0 Å². The van der Waals surface area contributed by atoms with Gasteiger partial charge in [-0.3, -0.25) is 14.9 Å². The van der Waals surface area contributed by atoms with Gasteiger partial charge in [-0.15, -0.1) is 0 Å². The standard InChI is InChI=1S/C6H7NO4S/c1-6(2-3(8)9)4(10)7-5(11)12-6/h2H2,1H3,(H,8,9)(H,7,10,11)/p-1/t6-/m0/s1. The molecule has 0 radical (unpaired) electrons. The molecule has 12 heavy (non-hydrogen) atoms. The second-order valence-electron chi connectivity index (χ2n) is 2.62. The Hall–Kier alpha value is -1.04.